The fourth-order valence-electron chi connectivity index (χ4n) is 3.69. The molecule has 1 saturated heterocycles. The van der Waals surface area contributed by atoms with Crippen LogP contribution in [0.5, 0.6) is 0 Å². The molecule has 0 unspecified atom stereocenters. The van der Waals surface area contributed by atoms with Gasteiger partial charge in [-0.15, -0.1) is 10.2 Å². The Morgan fingerprint density at radius 3 is 2.48 bits per heavy atom. The van der Waals surface area contributed by atoms with E-state index in [-0.39, 0.29) is 23.0 Å². The second-order valence-electron chi connectivity index (χ2n) is 7.87. The molecule has 160 valence electrons. The number of benzene rings is 2. The van der Waals surface area contributed by atoms with Crippen LogP contribution in [0.3, 0.4) is 0 Å². The summed E-state index contributed by atoms with van der Waals surface area (Å²) in [6.07, 6.45) is 1.68. The van der Waals surface area contributed by atoms with Gasteiger partial charge in [-0.1, -0.05) is 46.7 Å². The Morgan fingerprint density at radius 2 is 1.74 bits per heavy atom. The summed E-state index contributed by atoms with van der Waals surface area (Å²) in [5.41, 5.74) is 4.81. The molecule has 8 heteroatoms. The van der Waals surface area contributed by atoms with Crippen molar-refractivity contribution in [1.29, 1.82) is 0 Å². The molecule has 3 aromatic rings. The number of hydrogen-bond donors (Lipinski definition) is 2. The third-order valence-electron chi connectivity index (χ3n) is 5.37. The van der Waals surface area contributed by atoms with Gasteiger partial charge in [0.2, 0.25) is 5.01 Å². The molecule has 2 aromatic carbocycles. The van der Waals surface area contributed by atoms with Crippen LogP contribution in [0.4, 0.5) is 16.2 Å². The van der Waals surface area contributed by atoms with Crippen LogP contribution in [-0.4, -0.2) is 33.6 Å². The number of amides is 3. The number of rotatable bonds is 4. The molecule has 0 saturated carbocycles. The highest BCUT2D eigenvalue weighted by Gasteiger charge is 2.33. The third-order valence-corrected chi connectivity index (χ3v) is 6.39. The summed E-state index contributed by atoms with van der Waals surface area (Å²) in [6, 6.07) is 13.2. The predicted octanol–water partition coefficient (Wildman–Crippen LogP) is 5.08. The molecular weight excluding hydrogens is 410 g/mol. The van der Waals surface area contributed by atoms with Crippen LogP contribution in [-0.2, 0) is 0 Å². The number of aromatic nitrogens is 2. The van der Waals surface area contributed by atoms with Gasteiger partial charge in [-0.2, -0.15) is 0 Å². The molecule has 0 spiro atoms. The SMILES string of the molecule is Cc1ccc(NC(=O)c2nnc([C@@H]3CCCN3C(=O)Nc3ccc(C)cc3C)s2)cc1. The van der Waals surface area contributed by atoms with Gasteiger partial charge in [-0.25, -0.2) is 4.79 Å². The molecular formula is C23H25N5O2S. The van der Waals surface area contributed by atoms with Crippen LogP contribution in [0.2, 0.25) is 0 Å². The minimum absolute atomic E-state index is 0.157. The normalized spacial score (nSPS) is 15.7. The van der Waals surface area contributed by atoms with Crippen molar-refractivity contribution in [3.05, 3.63) is 69.2 Å². The monoisotopic (exact) mass is 435 g/mol. The van der Waals surface area contributed by atoms with Crippen LogP contribution >= 0.6 is 11.3 Å². The van der Waals surface area contributed by atoms with Gasteiger partial charge in [0.25, 0.3) is 5.91 Å². The molecule has 4 rings (SSSR count). The Kier molecular flexibility index (Phi) is 5.99. The predicted molar refractivity (Wildman–Crippen MR) is 123 cm³/mol. The van der Waals surface area contributed by atoms with Gasteiger partial charge in [-0.3, -0.25) is 4.79 Å². The van der Waals surface area contributed by atoms with Gasteiger partial charge in [-0.05, 0) is 57.4 Å². The number of likely N-dealkylation sites (tertiary alicyclic amines) is 1. The molecule has 1 fully saturated rings. The first kappa shape index (κ1) is 21.0. The number of nitrogens with zero attached hydrogens (tertiary/aromatic N) is 3. The first-order chi connectivity index (χ1) is 14.9. The minimum Gasteiger partial charge on any atom is -0.320 e. The Hall–Kier alpha value is -3.26. The first-order valence-corrected chi connectivity index (χ1v) is 11.1. The van der Waals surface area contributed by atoms with Crippen molar-refractivity contribution in [2.45, 2.75) is 39.7 Å². The Bertz CT molecular complexity index is 1110. The molecule has 31 heavy (non-hydrogen) atoms. The quantitative estimate of drug-likeness (QED) is 0.598. The fourth-order valence-corrected chi connectivity index (χ4v) is 4.58. The van der Waals surface area contributed by atoms with Gasteiger partial charge in [0.05, 0.1) is 6.04 Å². The summed E-state index contributed by atoms with van der Waals surface area (Å²) in [5, 5.41) is 15.1. The summed E-state index contributed by atoms with van der Waals surface area (Å²) in [7, 11) is 0. The van der Waals surface area contributed by atoms with E-state index in [2.05, 4.69) is 20.8 Å². The van der Waals surface area contributed by atoms with Crippen molar-refractivity contribution in [3.63, 3.8) is 0 Å². The molecule has 1 aromatic heterocycles. The van der Waals surface area contributed by atoms with E-state index in [9.17, 15) is 9.59 Å². The zero-order valence-corrected chi connectivity index (χ0v) is 18.6. The van der Waals surface area contributed by atoms with Crippen molar-refractivity contribution in [2.24, 2.45) is 0 Å². The van der Waals surface area contributed by atoms with Crippen LogP contribution in [0, 0.1) is 20.8 Å². The van der Waals surface area contributed by atoms with Gasteiger partial charge < -0.3 is 15.5 Å². The van der Waals surface area contributed by atoms with E-state index < -0.39 is 0 Å². The van der Waals surface area contributed by atoms with Crippen molar-refractivity contribution in [1.82, 2.24) is 15.1 Å². The highest BCUT2D eigenvalue weighted by Crippen LogP contribution is 2.34. The van der Waals surface area contributed by atoms with E-state index in [0.29, 0.717) is 17.2 Å². The summed E-state index contributed by atoms with van der Waals surface area (Å²) in [4.78, 5) is 27.3. The Balaban J connectivity index is 1.45. The number of carbonyl (C=O) groups is 2. The smallest absolute Gasteiger partial charge is 0.320 e. The molecule has 0 bridgehead atoms. The molecule has 1 atom stereocenters. The molecule has 1 aliphatic rings. The maximum absolute atomic E-state index is 12.9. The molecule has 1 aliphatic heterocycles. The average Bonchev–Trinajstić information content (AvgIpc) is 3.41. The molecule has 0 radical (unpaired) electrons. The average molecular weight is 436 g/mol. The topological polar surface area (TPSA) is 87.2 Å². The first-order valence-electron chi connectivity index (χ1n) is 10.3. The lowest BCUT2D eigenvalue weighted by Gasteiger charge is -2.23. The number of carbonyl (C=O) groups excluding carboxylic acids is 2. The zero-order chi connectivity index (χ0) is 22.0. The Morgan fingerprint density at radius 1 is 1.00 bits per heavy atom. The van der Waals surface area contributed by atoms with E-state index in [1.165, 1.54) is 11.3 Å². The molecule has 2 heterocycles. The van der Waals surface area contributed by atoms with Gasteiger partial charge in [0.15, 0.2) is 0 Å². The third kappa shape index (κ3) is 4.74. The highest BCUT2D eigenvalue weighted by atomic mass is 32.1. The number of nitrogens with one attached hydrogen (secondary N) is 2. The summed E-state index contributed by atoms with van der Waals surface area (Å²) in [6.45, 7) is 6.64. The van der Waals surface area contributed by atoms with E-state index in [1.807, 2.05) is 63.2 Å². The number of hydrogen-bond acceptors (Lipinski definition) is 5. The second-order valence-corrected chi connectivity index (χ2v) is 8.87. The standard InChI is InChI=1S/C23H25N5O2S/c1-14-6-9-17(10-7-14)24-20(29)22-27-26-21(31-22)19-5-4-12-28(19)23(30)25-18-11-8-15(2)13-16(18)3/h6-11,13,19H,4-5,12H2,1-3H3,(H,24,29)(H,25,30)/t19-/m0/s1. The van der Waals surface area contributed by atoms with Crippen LogP contribution in [0.15, 0.2) is 42.5 Å². The minimum atomic E-state index is -0.295. The summed E-state index contributed by atoms with van der Waals surface area (Å²) >= 11 is 1.24. The molecule has 3 amide bonds. The molecule has 2 N–H and O–H groups in total. The molecule has 0 aliphatic carbocycles. The van der Waals surface area contributed by atoms with Crippen molar-refractivity contribution < 1.29 is 9.59 Å². The Labute approximate surface area is 185 Å². The second kappa shape index (κ2) is 8.85. The van der Waals surface area contributed by atoms with E-state index >= 15 is 0 Å². The fraction of sp³-hybridized carbons (Fsp3) is 0.304. The van der Waals surface area contributed by atoms with Crippen molar-refractivity contribution >= 4 is 34.6 Å². The van der Waals surface area contributed by atoms with Crippen molar-refractivity contribution in [3.8, 4) is 0 Å². The van der Waals surface area contributed by atoms with E-state index in [0.717, 1.165) is 35.2 Å². The summed E-state index contributed by atoms with van der Waals surface area (Å²) < 4.78 is 0. The van der Waals surface area contributed by atoms with Gasteiger partial charge in [0.1, 0.15) is 5.01 Å². The zero-order valence-electron chi connectivity index (χ0n) is 17.8. The largest absolute Gasteiger partial charge is 0.322 e. The maximum Gasteiger partial charge on any atom is 0.322 e. The lowest BCUT2D eigenvalue weighted by molar-refractivity contribution is 0.102. The molecule has 7 nitrogen and oxygen atoms in total. The van der Waals surface area contributed by atoms with Gasteiger partial charge in [0, 0.05) is 17.9 Å². The summed E-state index contributed by atoms with van der Waals surface area (Å²) in [5.74, 6) is -0.295. The van der Waals surface area contributed by atoms with Crippen LogP contribution in [0.25, 0.3) is 0 Å². The van der Waals surface area contributed by atoms with Crippen molar-refractivity contribution in [2.75, 3.05) is 17.2 Å². The van der Waals surface area contributed by atoms with Crippen LogP contribution in [0.1, 0.15) is 50.4 Å². The van der Waals surface area contributed by atoms with Crippen LogP contribution < -0.4 is 10.6 Å². The lowest BCUT2D eigenvalue weighted by atomic mass is 10.1. The highest BCUT2D eigenvalue weighted by molar-refractivity contribution is 7.13. The van der Waals surface area contributed by atoms with E-state index in [4.69, 9.17) is 0 Å². The maximum atomic E-state index is 12.9. The number of aryl methyl sites for hydroxylation is 3. The lowest BCUT2D eigenvalue weighted by Crippen LogP contribution is -2.34. The van der Waals surface area contributed by atoms with E-state index in [1.54, 1.807) is 4.90 Å². The van der Waals surface area contributed by atoms with Gasteiger partial charge >= 0.3 is 6.03 Å². The number of anilines is 2. The number of urea groups is 1.